The third kappa shape index (κ3) is 2.54. The fraction of sp³-hybridized carbons (Fsp3) is 0.333. The fourth-order valence-electron chi connectivity index (χ4n) is 1.16. The first kappa shape index (κ1) is 12.6. The number of halogens is 1. The number of nitrogens with zero attached hydrogens (tertiary/aromatic N) is 2. The molecule has 0 saturated carbocycles. The average Bonchev–Trinajstić information content (AvgIpc) is 2.28. The Kier molecular flexibility index (Phi) is 4.36. The molecule has 1 aromatic rings. The van der Waals surface area contributed by atoms with Crippen LogP contribution in [0.2, 0.25) is 0 Å². The highest BCUT2D eigenvalue weighted by atomic mass is 79.9. The molecule has 16 heavy (non-hydrogen) atoms. The molecule has 1 heterocycles. The van der Waals surface area contributed by atoms with Gasteiger partial charge in [0, 0.05) is 17.6 Å². The summed E-state index contributed by atoms with van der Waals surface area (Å²) in [5, 5.41) is 10.9. The minimum atomic E-state index is -0.652. The summed E-state index contributed by atoms with van der Waals surface area (Å²) in [5.74, 6) is -0.652. The predicted octanol–water partition coefficient (Wildman–Crippen LogP) is 2.06. The molecule has 0 unspecified atom stereocenters. The van der Waals surface area contributed by atoms with E-state index in [1.165, 1.54) is 12.3 Å². The molecule has 0 radical (unpaired) electrons. The Morgan fingerprint density at radius 2 is 2.38 bits per heavy atom. The normalized spacial score (nSPS) is 9.88. The Balaban J connectivity index is 3.24. The fourth-order valence-corrected chi connectivity index (χ4v) is 1.71. The van der Waals surface area contributed by atoms with E-state index in [9.17, 15) is 14.9 Å². The second-order valence-electron chi connectivity index (χ2n) is 2.77. The molecule has 86 valence electrons. The van der Waals surface area contributed by atoms with Crippen LogP contribution in [0.25, 0.3) is 0 Å². The number of hydrogen-bond donors (Lipinski definition) is 0. The van der Waals surface area contributed by atoms with Crippen LogP contribution in [0, 0.1) is 10.1 Å². The van der Waals surface area contributed by atoms with E-state index in [4.69, 9.17) is 4.74 Å². The average molecular weight is 289 g/mol. The van der Waals surface area contributed by atoms with Crippen molar-refractivity contribution in [2.75, 3.05) is 6.61 Å². The summed E-state index contributed by atoms with van der Waals surface area (Å²) in [7, 11) is 0. The van der Waals surface area contributed by atoms with Gasteiger partial charge >= 0.3 is 5.97 Å². The second kappa shape index (κ2) is 5.55. The van der Waals surface area contributed by atoms with Gasteiger partial charge in [-0.3, -0.25) is 10.1 Å². The first-order chi connectivity index (χ1) is 7.61. The van der Waals surface area contributed by atoms with E-state index in [0.717, 1.165) is 0 Å². The summed E-state index contributed by atoms with van der Waals surface area (Å²) in [6.07, 6.45) is 1.22. The number of esters is 1. The van der Waals surface area contributed by atoms with Gasteiger partial charge in [-0.25, -0.2) is 9.78 Å². The first-order valence-corrected chi connectivity index (χ1v) is 5.59. The lowest BCUT2D eigenvalue weighted by Crippen LogP contribution is -2.11. The number of aromatic nitrogens is 1. The van der Waals surface area contributed by atoms with E-state index in [0.29, 0.717) is 0 Å². The van der Waals surface area contributed by atoms with E-state index in [2.05, 4.69) is 20.9 Å². The Morgan fingerprint density at radius 3 is 2.88 bits per heavy atom. The van der Waals surface area contributed by atoms with Gasteiger partial charge in [-0.2, -0.15) is 0 Å². The van der Waals surface area contributed by atoms with Crippen molar-refractivity contribution >= 4 is 27.6 Å². The van der Waals surface area contributed by atoms with Gasteiger partial charge in [0.25, 0.3) is 5.69 Å². The monoisotopic (exact) mass is 288 g/mol. The highest BCUT2D eigenvalue weighted by molar-refractivity contribution is 9.08. The molecule has 6 nitrogen and oxygen atoms in total. The number of ether oxygens (including phenoxy) is 1. The lowest BCUT2D eigenvalue weighted by Gasteiger charge is -2.05. The standard InChI is InChI=1S/C9H9BrN2O4/c1-2-16-9(13)8-6(5-10)7(12(14)15)3-4-11-8/h3-4H,2,5H2,1H3. The lowest BCUT2D eigenvalue weighted by molar-refractivity contribution is -0.385. The van der Waals surface area contributed by atoms with Crippen molar-refractivity contribution in [1.82, 2.24) is 4.98 Å². The first-order valence-electron chi connectivity index (χ1n) is 4.47. The van der Waals surface area contributed by atoms with Crippen LogP contribution < -0.4 is 0 Å². The van der Waals surface area contributed by atoms with Gasteiger partial charge in [0.15, 0.2) is 5.69 Å². The maximum Gasteiger partial charge on any atom is 0.357 e. The molecule has 0 bridgehead atoms. The summed E-state index contributed by atoms with van der Waals surface area (Å²) in [6.45, 7) is 1.86. The number of nitro groups is 1. The van der Waals surface area contributed by atoms with Gasteiger partial charge in [0.1, 0.15) is 0 Å². The third-order valence-corrected chi connectivity index (χ3v) is 2.39. The Morgan fingerprint density at radius 1 is 1.69 bits per heavy atom. The van der Waals surface area contributed by atoms with Crippen molar-refractivity contribution in [3.05, 3.63) is 33.6 Å². The van der Waals surface area contributed by atoms with Gasteiger partial charge in [-0.15, -0.1) is 0 Å². The van der Waals surface area contributed by atoms with Crippen molar-refractivity contribution in [2.24, 2.45) is 0 Å². The molecule has 0 spiro atoms. The number of carbonyl (C=O) groups is 1. The molecular weight excluding hydrogens is 280 g/mol. The molecule has 0 aliphatic carbocycles. The molecule has 0 aliphatic heterocycles. The highest BCUT2D eigenvalue weighted by Crippen LogP contribution is 2.23. The predicted molar refractivity (Wildman–Crippen MR) is 59.5 cm³/mol. The van der Waals surface area contributed by atoms with Crippen molar-refractivity contribution in [1.29, 1.82) is 0 Å². The summed E-state index contributed by atoms with van der Waals surface area (Å²) in [6, 6.07) is 1.25. The van der Waals surface area contributed by atoms with Crippen molar-refractivity contribution < 1.29 is 14.5 Å². The molecule has 1 aromatic heterocycles. The van der Waals surface area contributed by atoms with E-state index in [1.54, 1.807) is 6.92 Å². The number of pyridine rings is 1. The van der Waals surface area contributed by atoms with Crippen molar-refractivity contribution in [3.8, 4) is 0 Å². The molecule has 0 fully saturated rings. The minimum Gasteiger partial charge on any atom is -0.461 e. The van der Waals surface area contributed by atoms with Gasteiger partial charge in [0.05, 0.1) is 17.1 Å². The highest BCUT2D eigenvalue weighted by Gasteiger charge is 2.22. The van der Waals surface area contributed by atoms with Gasteiger partial charge < -0.3 is 4.74 Å². The SMILES string of the molecule is CCOC(=O)c1nccc([N+](=O)[O-])c1CBr. The van der Waals surface area contributed by atoms with Crippen molar-refractivity contribution in [3.63, 3.8) is 0 Å². The summed E-state index contributed by atoms with van der Waals surface area (Å²) >= 11 is 3.09. The van der Waals surface area contributed by atoms with E-state index < -0.39 is 10.9 Å². The number of rotatable bonds is 4. The number of alkyl halides is 1. The molecule has 0 aliphatic rings. The van der Waals surface area contributed by atoms with Crippen LogP contribution in [0.5, 0.6) is 0 Å². The Hall–Kier alpha value is -1.50. The molecule has 0 atom stereocenters. The molecule has 0 saturated heterocycles. The molecule has 1 rings (SSSR count). The van der Waals surface area contributed by atoms with Crippen LogP contribution in [-0.4, -0.2) is 22.5 Å². The quantitative estimate of drug-likeness (QED) is 0.367. The van der Waals surface area contributed by atoms with Crippen molar-refractivity contribution in [2.45, 2.75) is 12.3 Å². The molecule has 0 amide bonds. The van der Waals surface area contributed by atoms with Crippen LogP contribution in [0.4, 0.5) is 5.69 Å². The van der Waals surface area contributed by atoms with Crippen LogP contribution in [-0.2, 0) is 10.1 Å². The summed E-state index contributed by atoms with van der Waals surface area (Å²) < 4.78 is 4.76. The molecule has 7 heteroatoms. The largest absolute Gasteiger partial charge is 0.461 e. The van der Waals surface area contributed by atoms with E-state index in [1.807, 2.05) is 0 Å². The minimum absolute atomic E-state index is 0.0204. The maximum absolute atomic E-state index is 11.5. The summed E-state index contributed by atoms with van der Waals surface area (Å²) in [5.41, 5.74) is 0.0637. The second-order valence-corrected chi connectivity index (χ2v) is 3.33. The third-order valence-electron chi connectivity index (χ3n) is 1.83. The van der Waals surface area contributed by atoms with Crippen LogP contribution in [0.15, 0.2) is 12.3 Å². The van der Waals surface area contributed by atoms with E-state index in [-0.39, 0.29) is 28.9 Å². The van der Waals surface area contributed by atoms with Gasteiger partial charge in [-0.05, 0) is 6.92 Å². The molecular formula is C9H9BrN2O4. The van der Waals surface area contributed by atoms with Crippen LogP contribution in [0.1, 0.15) is 23.0 Å². The zero-order chi connectivity index (χ0) is 12.1. The number of carbonyl (C=O) groups excluding carboxylic acids is 1. The zero-order valence-corrected chi connectivity index (χ0v) is 10.1. The Bertz CT molecular complexity index is 422. The van der Waals surface area contributed by atoms with Crippen LogP contribution >= 0.6 is 15.9 Å². The summed E-state index contributed by atoms with van der Waals surface area (Å²) in [4.78, 5) is 25.4. The lowest BCUT2D eigenvalue weighted by atomic mass is 10.2. The Labute approximate surface area is 99.9 Å². The van der Waals surface area contributed by atoms with Gasteiger partial charge in [0.2, 0.25) is 0 Å². The smallest absolute Gasteiger partial charge is 0.357 e. The number of hydrogen-bond acceptors (Lipinski definition) is 5. The van der Waals surface area contributed by atoms with Crippen LogP contribution in [0.3, 0.4) is 0 Å². The molecule has 0 N–H and O–H groups in total. The molecule has 0 aromatic carbocycles. The zero-order valence-electron chi connectivity index (χ0n) is 8.47. The van der Waals surface area contributed by atoms with Gasteiger partial charge in [-0.1, -0.05) is 15.9 Å². The topological polar surface area (TPSA) is 82.3 Å². The van der Waals surface area contributed by atoms with E-state index >= 15 is 0 Å². The maximum atomic E-state index is 11.5.